The van der Waals surface area contributed by atoms with Crippen LogP contribution in [0.5, 0.6) is 0 Å². The Bertz CT molecular complexity index is 878. The summed E-state index contributed by atoms with van der Waals surface area (Å²) in [7, 11) is 0. The third-order valence-corrected chi connectivity index (χ3v) is 5.81. The minimum absolute atomic E-state index is 0.750. The number of hydrogen-bond acceptors (Lipinski definition) is 3. The van der Waals surface area contributed by atoms with E-state index in [0.29, 0.717) is 0 Å². The molecular weight excluding hydrogens is 318 g/mol. The maximum absolute atomic E-state index is 4.93. The molecule has 3 heterocycles. The number of rotatable bonds is 3. The van der Waals surface area contributed by atoms with Crippen LogP contribution in [0, 0.1) is 11.8 Å². The Morgan fingerprint density at radius 1 is 0.769 bits per heavy atom. The zero-order valence-electron chi connectivity index (χ0n) is 15.1. The summed E-state index contributed by atoms with van der Waals surface area (Å²) in [4.78, 5) is 10.1. The van der Waals surface area contributed by atoms with Gasteiger partial charge in [-0.1, -0.05) is 48.5 Å². The van der Waals surface area contributed by atoms with E-state index >= 15 is 0 Å². The van der Waals surface area contributed by atoms with Crippen molar-refractivity contribution in [1.29, 1.82) is 0 Å². The Labute approximate surface area is 155 Å². The second-order valence-corrected chi connectivity index (χ2v) is 7.91. The van der Waals surface area contributed by atoms with Crippen molar-refractivity contribution in [2.75, 3.05) is 31.1 Å². The second-order valence-electron chi connectivity index (χ2n) is 7.91. The number of hydrogen-bond donors (Lipinski definition) is 0. The molecule has 2 atom stereocenters. The second kappa shape index (κ2) is 6.73. The third-order valence-electron chi connectivity index (χ3n) is 5.81. The van der Waals surface area contributed by atoms with Crippen molar-refractivity contribution in [1.82, 2.24) is 9.88 Å². The summed E-state index contributed by atoms with van der Waals surface area (Å²) in [5.41, 5.74) is 2.53. The van der Waals surface area contributed by atoms with Gasteiger partial charge < -0.3 is 4.90 Å². The molecule has 26 heavy (non-hydrogen) atoms. The molecule has 3 heteroatoms. The van der Waals surface area contributed by atoms with Crippen LogP contribution in [-0.2, 0) is 6.54 Å². The predicted octanol–water partition coefficient (Wildman–Crippen LogP) is 4.19. The van der Waals surface area contributed by atoms with Gasteiger partial charge >= 0.3 is 0 Å². The van der Waals surface area contributed by atoms with E-state index < -0.39 is 0 Å². The van der Waals surface area contributed by atoms with Crippen LogP contribution in [0.15, 0.2) is 66.7 Å². The van der Waals surface area contributed by atoms with Crippen LogP contribution in [0.25, 0.3) is 10.9 Å². The molecule has 132 valence electrons. The molecule has 0 N–H and O–H groups in total. The van der Waals surface area contributed by atoms with E-state index in [1.165, 1.54) is 30.5 Å². The number of anilines is 1. The Balaban J connectivity index is 1.30. The summed E-state index contributed by atoms with van der Waals surface area (Å²) in [6.07, 6.45) is 1.37. The van der Waals surface area contributed by atoms with Crippen molar-refractivity contribution in [3.8, 4) is 0 Å². The van der Waals surface area contributed by atoms with Gasteiger partial charge in [-0.15, -0.1) is 0 Å². The van der Waals surface area contributed by atoms with Crippen molar-refractivity contribution >= 4 is 16.7 Å². The maximum atomic E-state index is 4.93. The number of para-hydroxylation sites is 1. The summed E-state index contributed by atoms with van der Waals surface area (Å²) >= 11 is 0. The number of benzene rings is 2. The molecule has 2 saturated heterocycles. The van der Waals surface area contributed by atoms with Crippen LogP contribution >= 0.6 is 0 Å². The average molecular weight is 343 g/mol. The molecular formula is C23H25N3. The minimum atomic E-state index is 0.750. The van der Waals surface area contributed by atoms with Crippen molar-refractivity contribution in [3.05, 3.63) is 72.3 Å². The number of nitrogens with zero attached hydrogens (tertiary/aromatic N) is 3. The van der Waals surface area contributed by atoms with Gasteiger partial charge in [-0.3, -0.25) is 4.90 Å². The standard InChI is InChI=1S/C23H25N3/c1-2-6-18(7-3-1)13-25-14-19-12-20(15-25)17-26(16-19)23-11-10-21-8-4-5-9-22(21)24-23/h1-11,19-20H,12-17H2. The lowest BCUT2D eigenvalue weighted by Crippen LogP contribution is -2.52. The molecule has 2 fully saturated rings. The van der Waals surface area contributed by atoms with Crippen LogP contribution in [0.4, 0.5) is 5.82 Å². The van der Waals surface area contributed by atoms with Crippen LogP contribution in [0.2, 0.25) is 0 Å². The summed E-state index contributed by atoms with van der Waals surface area (Å²) in [5.74, 6) is 2.65. The molecule has 2 aliphatic rings. The largest absolute Gasteiger partial charge is 0.356 e. The number of aromatic nitrogens is 1. The molecule has 2 aliphatic heterocycles. The third kappa shape index (κ3) is 3.19. The fraction of sp³-hybridized carbons (Fsp3) is 0.348. The number of piperidine rings is 2. The smallest absolute Gasteiger partial charge is 0.129 e. The molecule has 0 spiro atoms. The monoisotopic (exact) mass is 343 g/mol. The highest BCUT2D eigenvalue weighted by Crippen LogP contribution is 2.32. The minimum Gasteiger partial charge on any atom is -0.356 e. The molecule has 0 aliphatic carbocycles. The molecule has 2 bridgehead atoms. The number of pyridine rings is 1. The first-order valence-corrected chi connectivity index (χ1v) is 9.70. The first-order chi connectivity index (χ1) is 12.8. The van der Waals surface area contributed by atoms with Gasteiger partial charge in [-0.25, -0.2) is 4.98 Å². The Kier molecular flexibility index (Phi) is 4.10. The van der Waals surface area contributed by atoms with E-state index in [1.807, 2.05) is 0 Å². The quantitative estimate of drug-likeness (QED) is 0.711. The lowest BCUT2D eigenvalue weighted by atomic mass is 9.84. The van der Waals surface area contributed by atoms with Gasteiger partial charge in [0.15, 0.2) is 0 Å². The fourth-order valence-corrected chi connectivity index (χ4v) is 4.78. The normalized spacial score (nSPS) is 23.3. The zero-order chi connectivity index (χ0) is 17.3. The highest BCUT2D eigenvalue weighted by atomic mass is 15.2. The summed E-state index contributed by atoms with van der Waals surface area (Å²) in [5, 5.41) is 1.22. The van der Waals surface area contributed by atoms with E-state index in [-0.39, 0.29) is 0 Å². The Morgan fingerprint density at radius 2 is 1.50 bits per heavy atom. The zero-order valence-corrected chi connectivity index (χ0v) is 15.1. The van der Waals surface area contributed by atoms with Gasteiger partial charge in [-0.05, 0) is 42.0 Å². The Hall–Kier alpha value is -2.39. The van der Waals surface area contributed by atoms with Crippen molar-refractivity contribution in [2.24, 2.45) is 11.8 Å². The van der Waals surface area contributed by atoms with Gasteiger partial charge in [0, 0.05) is 38.1 Å². The van der Waals surface area contributed by atoms with E-state index in [2.05, 4.69) is 76.5 Å². The highest BCUT2D eigenvalue weighted by molar-refractivity contribution is 5.80. The van der Waals surface area contributed by atoms with Gasteiger partial charge in [0.25, 0.3) is 0 Å². The number of fused-ring (bicyclic) bond motifs is 3. The summed E-state index contributed by atoms with van der Waals surface area (Å²) < 4.78 is 0. The van der Waals surface area contributed by atoms with Crippen molar-refractivity contribution < 1.29 is 0 Å². The summed E-state index contributed by atoms with van der Waals surface area (Å²) in [6, 6.07) is 23.7. The Morgan fingerprint density at radius 3 is 2.31 bits per heavy atom. The molecule has 3 aromatic rings. The molecule has 2 aromatic carbocycles. The van der Waals surface area contributed by atoms with Crippen LogP contribution in [0.1, 0.15) is 12.0 Å². The summed E-state index contributed by atoms with van der Waals surface area (Å²) in [6.45, 7) is 5.76. The van der Waals surface area contributed by atoms with Crippen LogP contribution in [0.3, 0.4) is 0 Å². The van der Waals surface area contributed by atoms with Crippen molar-refractivity contribution in [3.63, 3.8) is 0 Å². The van der Waals surface area contributed by atoms with E-state index in [0.717, 1.165) is 42.8 Å². The molecule has 3 nitrogen and oxygen atoms in total. The lowest BCUT2D eigenvalue weighted by Gasteiger charge is -2.46. The topological polar surface area (TPSA) is 19.4 Å². The average Bonchev–Trinajstić information content (AvgIpc) is 2.68. The molecule has 2 unspecified atom stereocenters. The number of likely N-dealkylation sites (tertiary alicyclic amines) is 1. The SMILES string of the molecule is c1ccc(CN2CC3CC(C2)CN(c2ccc4ccccc4n2)C3)cc1. The van der Waals surface area contributed by atoms with Gasteiger partial charge in [0.2, 0.25) is 0 Å². The van der Waals surface area contributed by atoms with Crippen LogP contribution < -0.4 is 4.90 Å². The van der Waals surface area contributed by atoms with Crippen LogP contribution in [-0.4, -0.2) is 36.1 Å². The molecule has 1 aromatic heterocycles. The molecule has 5 rings (SSSR count). The first-order valence-electron chi connectivity index (χ1n) is 9.70. The van der Waals surface area contributed by atoms with Crippen molar-refractivity contribution in [2.45, 2.75) is 13.0 Å². The van der Waals surface area contributed by atoms with Gasteiger partial charge in [-0.2, -0.15) is 0 Å². The molecule has 0 amide bonds. The van der Waals surface area contributed by atoms with Gasteiger partial charge in [0.05, 0.1) is 5.52 Å². The van der Waals surface area contributed by atoms with E-state index in [9.17, 15) is 0 Å². The predicted molar refractivity (Wildman–Crippen MR) is 107 cm³/mol. The maximum Gasteiger partial charge on any atom is 0.129 e. The fourth-order valence-electron chi connectivity index (χ4n) is 4.78. The lowest BCUT2D eigenvalue weighted by molar-refractivity contribution is 0.103. The molecule has 0 saturated carbocycles. The van der Waals surface area contributed by atoms with Gasteiger partial charge in [0.1, 0.15) is 5.82 Å². The molecule has 0 radical (unpaired) electrons. The highest BCUT2D eigenvalue weighted by Gasteiger charge is 2.34. The first kappa shape index (κ1) is 15.8. The van der Waals surface area contributed by atoms with E-state index in [1.54, 1.807) is 0 Å². The van der Waals surface area contributed by atoms with E-state index in [4.69, 9.17) is 4.98 Å².